The van der Waals surface area contributed by atoms with E-state index in [1.54, 1.807) is 57.8 Å². The summed E-state index contributed by atoms with van der Waals surface area (Å²) in [6.45, 7) is 6.66. The number of benzene rings is 3. The number of hydrogen-bond donors (Lipinski definition) is 1. The SMILES string of the molecule is Cn1c(=O)c([N+](=O)[O-])c(N2CCN(C(=O)C3CCNCC3)CC2)c2ccccc21.Cn1c(=O)c([N+](=O)[O-])c(N2CCN(C(=O)c3ccc(C(F)(F)F)s3)CC2)c2ccccc21.O=C(c1cccs1)N1CCN(c2c([N+](=O)[O-])c(=O)n(CC3CC3)c3ccccc23)CC1. The number of carbonyl (C=O) groups excluding carboxylic acids is 3. The molecule has 3 amide bonds. The van der Waals surface area contributed by atoms with Gasteiger partial charge in [-0.3, -0.25) is 59.1 Å². The zero-order valence-electron chi connectivity index (χ0n) is 50.1. The van der Waals surface area contributed by atoms with Crippen LogP contribution in [0.4, 0.5) is 47.3 Å². The Kier molecular flexibility index (Phi) is 18.6. The highest BCUT2D eigenvalue weighted by Crippen LogP contribution is 2.40. The molecule has 4 saturated heterocycles. The first-order valence-corrected chi connectivity index (χ1v) is 31.7. The number of hydrogen-bond acceptors (Lipinski definition) is 18. The lowest BCUT2D eigenvalue weighted by atomic mass is 9.96. The number of alkyl halides is 3. The Morgan fingerprint density at radius 2 is 0.935 bits per heavy atom. The number of anilines is 3. The highest BCUT2D eigenvalue weighted by molar-refractivity contribution is 7.14. The third-order valence-electron chi connectivity index (χ3n) is 17.5. The fraction of sp³-hybridized carbons (Fsp3) is 0.387. The molecule has 1 aliphatic carbocycles. The Hall–Kier alpha value is -9.55. The van der Waals surface area contributed by atoms with Crippen molar-refractivity contribution >= 4 is 107 Å². The molecule has 92 heavy (non-hydrogen) atoms. The molecule has 0 spiro atoms. The normalized spacial score (nSPS) is 16.5. The van der Waals surface area contributed by atoms with Gasteiger partial charge in [0, 0.05) is 121 Å². The second kappa shape index (κ2) is 26.7. The van der Waals surface area contributed by atoms with Crippen LogP contribution in [0.15, 0.2) is 117 Å². The van der Waals surface area contributed by atoms with E-state index in [9.17, 15) is 72.3 Å². The number of rotatable bonds is 11. The second-order valence-electron chi connectivity index (χ2n) is 23.0. The molecule has 0 radical (unpaired) electrons. The number of halogens is 3. The number of aryl methyl sites for hydroxylation is 2. The third-order valence-corrected chi connectivity index (χ3v) is 19.5. The van der Waals surface area contributed by atoms with Crippen LogP contribution in [0.3, 0.4) is 0 Å². The van der Waals surface area contributed by atoms with E-state index in [1.807, 2.05) is 68.6 Å². The van der Waals surface area contributed by atoms with Gasteiger partial charge in [-0.25, -0.2) is 0 Å². The molecule has 482 valence electrons. The van der Waals surface area contributed by atoms with Gasteiger partial charge in [0.25, 0.3) is 11.8 Å². The van der Waals surface area contributed by atoms with Gasteiger partial charge in [0.2, 0.25) is 5.91 Å². The van der Waals surface area contributed by atoms with E-state index in [0.717, 1.165) is 56.4 Å². The zero-order valence-corrected chi connectivity index (χ0v) is 51.8. The molecular formula is C62H64F3N13O12S2. The smallest absolute Gasteiger partial charge is 0.362 e. The molecule has 0 bridgehead atoms. The summed E-state index contributed by atoms with van der Waals surface area (Å²) >= 11 is 1.79. The highest BCUT2D eigenvalue weighted by atomic mass is 32.1. The van der Waals surface area contributed by atoms with Crippen molar-refractivity contribution in [3.05, 3.63) is 178 Å². The number of nitrogens with zero attached hydrogens (tertiary/aromatic N) is 12. The van der Waals surface area contributed by atoms with Crippen molar-refractivity contribution in [2.24, 2.45) is 25.9 Å². The van der Waals surface area contributed by atoms with E-state index in [1.165, 1.54) is 32.4 Å². The molecule has 4 aliphatic heterocycles. The lowest BCUT2D eigenvalue weighted by Gasteiger charge is -2.38. The van der Waals surface area contributed by atoms with E-state index < -0.39 is 59.8 Å². The summed E-state index contributed by atoms with van der Waals surface area (Å²) in [4.78, 5) is 121. The average molecular weight is 1300 g/mol. The number of fused-ring (bicyclic) bond motifs is 3. The molecule has 13 rings (SSSR count). The number of nitro groups is 3. The van der Waals surface area contributed by atoms with Crippen LogP contribution in [0.5, 0.6) is 0 Å². The van der Waals surface area contributed by atoms with Gasteiger partial charge >= 0.3 is 39.9 Å². The maximum atomic E-state index is 13.2. The van der Waals surface area contributed by atoms with E-state index in [2.05, 4.69) is 5.32 Å². The Bertz CT molecular complexity index is 4370. The van der Waals surface area contributed by atoms with Gasteiger partial charge in [0.05, 0.1) is 41.1 Å². The largest absolute Gasteiger partial charge is 0.425 e. The Morgan fingerprint density at radius 1 is 0.522 bits per heavy atom. The van der Waals surface area contributed by atoms with Crippen molar-refractivity contribution in [2.75, 3.05) is 106 Å². The fourth-order valence-electron chi connectivity index (χ4n) is 12.6. The van der Waals surface area contributed by atoms with Crippen LogP contribution in [-0.4, -0.2) is 153 Å². The molecule has 9 heterocycles. The minimum atomic E-state index is -4.51. The van der Waals surface area contributed by atoms with E-state index in [-0.39, 0.29) is 60.2 Å². The number of aromatic nitrogens is 3. The quantitative estimate of drug-likeness (QED) is 0.0950. The summed E-state index contributed by atoms with van der Waals surface area (Å²) in [6.07, 6.45) is -0.706. The first-order chi connectivity index (χ1) is 44.1. The van der Waals surface area contributed by atoms with Crippen LogP contribution < -0.4 is 36.7 Å². The van der Waals surface area contributed by atoms with Crippen molar-refractivity contribution < 1.29 is 42.3 Å². The molecule has 0 atom stereocenters. The average Bonchev–Trinajstić information content (AvgIpc) is 1.23. The molecule has 25 nitrogen and oxygen atoms in total. The minimum absolute atomic E-state index is 0.0178. The third kappa shape index (κ3) is 12.9. The van der Waals surface area contributed by atoms with Gasteiger partial charge in [0.1, 0.15) is 21.9 Å². The Labute approximate surface area is 530 Å². The summed E-state index contributed by atoms with van der Waals surface area (Å²) in [5.74, 6) is 0.108. The first kappa shape index (κ1) is 64.0. The van der Waals surface area contributed by atoms with Gasteiger partial charge in [-0.05, 0) is 86.5 Å². The van der Waals surface area contributed by atoms with Gasteiger partial charge in [0.15, 0.2) is 0 Å². The van der Waals surface area contributed by atoms with Crippen molar-refractivity contribution in [3.63, 3.8) is 0 Å². The number of pyridine rings is 3. The van der Waals surface area contributed by atoms with Crippen LogP contribution in [-0.2, 0) is 31.6 Å². The van der Waals surface area contributed by atoms with Crippen molar-refractivity contribution in [3.8, 4) is 0 Å². The second-order valence-corrected chi connectivity index (χ2v) is 25.1. The molecule has 5 aliphatic rings. The van der Waals surface area contributed by atoms with Crippen LogP contribution in [0.25, 0.3) is 32.7 Å². The summed E-state index contributed by atoms with van der Waals surface area (Å²) in [5.41, 5.74) is -0.334. The van der Waals surface area contributed by atoms with E-state index in [0.29, 0.717) is 120 Å². The molecule has 3 aromatic carbocycles. The fourth-order valence-corrected chi connectivity index (χ4v) is 14.1. The topological polar surface area (TPSA) is 278 Å². The number of piperidine rings is 1. The van der Waals surface area contributed by atoms with Gasteiger partial charge in [-0.2, -0.15) is 13.2 Å². The predicted octanol–water partition coefficient (Wildman–Crippen LogP) is 7.93. The number of piperazine rings is 3. The number of nitrogens with one attached hydrogen (secondary N) is 1. The lowest BCUT2D eigenvalue weighted by Crippen LogP contribution is -2.51. The lowest BCUT2D eigenvalue weighted by molar-refractivity contribution is -0.385. The van der Waals surface area contributed by atoms with Gasteiger partial charge in [-0.1, -0.05) is 60.7 Å². The maximum absolute atomic E-state index is 13.2. The number of thiophene rings is 2. The molecular weight excluding hydrogens is 1240 g/mol. The van der Waals surface area contributed by atoms with E-state index >= 15 is 0 Å². The number of carbonyl (C=O) groups is 3. The number of para-hydroxylation sites is 3. The molecule has 8 aromatic rings. The monoisotopic (exact) mass is 1300 g/mol. The Morgan fingerprint density at radius 3 is 1.35 bits per heavy atom. The Balaban J connectivity index is 0.000000142. The summed E-state index contributed by atoms with van der Waals surface area (Å²) in [6, 6.07) is 27.2. The first-order valence-electron chi connectivity index (χ1n) is 30.0. The highest BCUT2D eigenvalue weighted by Gasteiger charge is 2.38. The van der Waals surface area contributed by atoms with Gasteiger partial charge in [-0.15, -0.1) is 22.7 Å². The van der Waals surface area contributed by atoms with E-state index in [4.69, 9.17) is 0 Å². The molecule has 5 fully saturated rings. The maximum Gasteiger partial charge on any atom is 0.425 e. The van der Waals surface area contributed by atoms with Crippen molar-refractivity contribution in [1.29, 1.82) is 0 Å². The van der Waals surface area contributed by atoms with Crippen LogP contribution >= 0.6 is 22.7 Å². The molecule has 1 saturated carbocycles. The molecule has 0 unspecified atom stereocenters. The van der Waals surface area contributed by atoms with Crippen molar-refractivity contribution in [1.82, 2.24) is 33.7 Å². The number of amides is 3. The predicted molar refractivity (Wildman–Crippen MR) is 344 cm³/mol. The summed E-state index contributed by atoms with van der Waals surface area (Å²) in [7, 11) is 3.02. The zero-order chi connectivity index (χ0) is 65.3. The minimum Gasteiger partial charge on any atom is -0.362 e. The van der Waals surface area contributed by atoms with Crippen LogP contribution in [0, 0.1) is 42.2 Å². The van der Waals surface area contributed by atoms with Crippen LogP contribution in [0.2, 0.25) is 0 Å². The van der Waals surface area contributed by atoms with Crippen molar-refractivity contribution in [2.45, 2.75) is 38.4 Å². The standard InChI is InChI=1S/C22H22N4O4S.C20H17F3N4O4S.C20H25N5O4/c27-21(18-6-3-13-31-18)24-11-9-23(10-12-24)19-16-4-1-2-5-17(16)25(14-15-7-8-15)22(28)20(19)26(29)30;1-24-13-5-3-2-4-12(13)16(17(19(24)29)27(30)31)25-8-10-26(11-9-25)18(28)14-6-7-15(32-14)20(21,22)23;1-22-16-5-3-2-4-15(16)17(18(20(22)27)25(28)29)23-10-12-24(13-11-23)19(26)14-6-8-21-9-7-14/h1-6,13,15H,7-12,14H2;2-7H,8-11H2,1H3;2-5,14,21H,6-13H2,1H3. The van der Waals surface area contributed by atoms with Gasteiger partial charge < -0.3 is 48.4 Å². The van der Waals surface area contributed by atoms with Crippen LogP contribution in [0.1, 0.15) is 49.9 Å². The summed E-state index contributed by atoms with van der Waals surface area (Å²) in [5, 5.41) is 42.6. The summed E-state index contributed by atoms with van der Waals surface area (Å²) < 4.78 is 42.6. The molecule has 30 heteroatoms. The molecule has 5 aromatic heterocycles. The molecule has 1 N–H and O–H groups in total.